The summed E-state index contributed by atoms with van der Waals surface area (Å²) in [4.78, 5) is 4.19. The number of nitrogens with one attached hydrogen (secondary N) is 1. The molecule has 2 rings (SSSR count). The molecule has 0 spiro atoms. The average Bonchev–Trinajstić information content (AvgIpc) is 2.43. The van der Waals surface area contributed by atoms with Gasteiger partial charge in [-0.15, -0.1) is 0 Å². The zero-order chi connectivity index (χ0) is 14.4. The van der Waals surface area contributed by atoms with Gasteiger partial charge < -0.3 is 5.32 Å². The molecule has 0 amide bonds. The van der Waals surface area contributed by atoms with Gasteiger partial charge in [-0.3, -0.25) is 0 Å². The van der Waals surface area contributed by atoms with Crippen molar-refractivity contribution >= 4 is 34.1 Å². The zero-order valence-electron chi connectivity index (χ0n) is 11.3. The van der Waals surface area contributed by atoms with Crippen LogP contribution in [-0.2, 0) is 6.42 Å². The van der Waals surface area contributed by atoms with Crippen molar-refractivity contribution < 1.29 is 0 Å². The first-order valence-electron chi connectivity index (χ1n) is 6.48. The van der Waals surface area contributed by atoms with Gasteiger partial charge in [0.05, 0.1) is 5.69 Å². The summed E-state index contributed by atoms with van der Waals surface area (Å²) >= 11 is 2.30. The topological polar surface area (TPSA) is 24.4 Å². The van der Waals surface area contributed by atoms with Gasteiger partial charge in [0.1, 0.15) is 0 Å². The lowest BCUT2D eigenvalue weighted by Gasteiger charge is -2.19. The maximum atomic E-state index is 4.19. The number of hydrogen-bond donors (Lipinski definition) is 1. The minimum atomic E-state index is 0.335. The third-order valence-electron chi connectivity index (χ3n) is 3.02. The van der Waals surface area contributed by atoms with Crippen LogP contribution in [0, 0.1) is 3.57 Å². The first-order chi connectivity index (χ1) is 9.69. The lowest BCUT2D eigenvalue weighted by molar-refractivity contribution is 0.661. The van der Waals surface area contributed by atoms with Crippen LogP contribution >= 0.6 is 22.6 Å². The summed E-state index contributed by atoms with van der Waals surface area (Å²) in [7, 11) is 0. The first kappa shape index (κ1) is 14.8. The van der Waals surface area contributed by atoms with Gasteiger partial charge in [-0.1, -0.05) is 30.9 Å². The summed E-state index contributed by atoms with van der Waals surface area (Å²) in [6, 6.07) is 6.48. The molecular formula is C17H17IN2. The van der Waals surface area contributed by atoms with E-state index in [1.165, 1.54) is 3.57 Å². The molecule has 1 aliphatic carbocycles. The van der Waals surface area contributed by atoms with Gasteiger partial charge >= 0.3 is 0 Å². The van der Waals surface area contributed by atoms with Crippen LogP contribution in [0.25, 0.3) is 0 Å². The number of benzene rings is 1. The maximum Gasteiger partial charge on any atom is 0.0766 e. The zero-order valence-corrected chi connectivity index (χ0v) is 13.4. The van der Waals surface area contributed by atoms with Gasteiger partial charge in [0, 0.05) is 21.7 Å². The molecule has 3 heteroatoms. The average molecular weight is 376 g/mol. The van der Waals surface area contributed by atoms with E-state index in [4.69, 9.17) is 0 Å². The van der Waals surface area contributed by atoms with Crippen LogP contribution in [0.3, 0.4) is 0 Å². The van der Waals surface area contributed by atoms with E-state index in [9.17, 15) is 0 Å². The minimum absolute atomic E-state index is 0.335. The van der Waals surface area contributed by atoms with Crippen molar-refractivity contribution in [1.29, 1.82) is 0 Å². The van der Waals surface area contributed by atoms with E-state index in [1.54, 1.807) is 0 Å². The molecule has 102 valence electrons. The van der Waals surface area contributed by atoms with Crippen LogP contribution in [0.5, 0.6) is 0 Å². The summed E-state index contributed by atoms with van der Waals surface area (Å²) in [5.41, 5.74) is 3.04. The Hall–Kier alpha value is -1.58. The predicted octanol–water partition coefficient (Wildman–Crippen LogP) is 4.31. The van der Waals surface area contributed by atoms with E-state index >= 15 is 0 Å². The number of rotatable bonds is 5. The molecular weight excluding hydrogens is 359 g/mol. The Bertz CT molecular complexity index is 607. The first-order valence-corrected chi connectivity index (χ1v) is 7.56. The molecule has 0 aromatic heterocycles. The number of halogens is 1. The van der Waals surface area contributed by atoms with Crippen LogP contribution in [0.2, 0.25) is 0 Å². The Balaban J connectivity index is 2.06. The highest BCUT2D eigenvalue weighted by Crippen LogP contribution is 2.23. The Labute approximate surface area is 133 Å². The van der Waals surface area contributed by atoms with Gasteiger partial charge in [-0.25, -0.2) is 4.99 Å². The van der Waals surface area contributed by atoms with Crippen molar-refractivity contribution in [3.63, 3.8) is 0 Å². The van der Waals surface area contributed by atoms with Crippen molar-refractivity contribution in [2.75, 3.05) is 0 Å². The maximum absolute atomic E-state index is 4.19. The number of hydrogen-bond acceptors (Lipinski definition) is 2. The predicted molar refractivity (Wildman–Crippen MR) is 94.5 cm³/mol. The second-order valence-corrected chi connectivity index (χ2v) is 5.87. The van der Waals surface area contributed by atoms with Crippen molar-refractivity contribution in [2.45, 2.75) is 18.9 Å². The van der Waals surface area contributed by atoms with Crippen molar-refractivity contribution in [1.82, 2.24) is 5.32 Å². The van der Waals surface area contributed by atoms with Gasteiger partial charge in [0.2, 0.25) is 0 Å². The molecule has 1 N–H and O–H groups in total. The number of aliphatic imine (C=N–C) groups is 1. The highest BCUT2D eigenvalue weighted by molar-refractivity contribution is 14.1. The molecule has 0 radical (unpaired) electrons. The fourth-order valence-electron chi connectivity index (χ4n) is 2.12. The molecule has 0 saturated heterocycles. The van der Waals surface area contributed by atoms with Crippen molar-refractivity contribution in [3.05, 3.63) is 70.5 Å². The van der Waals surface area contributed by atoms with E-state index < -0.39 is 0 Å². The summed E-state index contributed by atoms with van der Waals surface area (Å²) in [6.45, 7) is 7.67. The van der Waals surface area contributed by atoms with Crippen molar-refractivity contribution in [3.8, 4) is 0 Å². The van der Waals surface area contributed by atoms with E-state index in [0.29, 0.717) is 6.04 Å². The minimum Gasteiger partial charge on any atom is -0.382 e. The molecule has 2 nitrogen and oxygen atoms in total. The fraction of sp³-hybridized carbons (Fsp3) is 0.176. The summed E-state index contributed by atoms with van der Waals surface area (Å²) < 4.78 is 1.19. The van der Waals surface area contributed by atoms with E-state index in [1.807, 2.05) is 12.1 Å². The van der Waals surface area contributed by atoms with E-state index in [0.717, 1.165) is 29.8 Å². The molecule has 0 saturated carbocycles. The number of allylic oxidation sites excluding steroid dienone is 3. The third kappa shape index (κ3) is 4.22. The molecule has 1 aromatic rings. The molecule has 0 bridgehead atoms. The Morgan fingerprint density at radius 2 is 2.30 bits per heavy atom. The largest absolute Gasteiger partial charge is 0.382 e. The molecule has 0 heterocycles. The standard InChI is InChI=1S/C17H17IN2/c1-3-19-17-10-9-15(18)12-14(17)11-13(2)20-16-7-5-4-6-8-16/h4-7,9-10,12,16,20H,1-2,8,11H2. The highest BCUT2D eigenvalue weighted by atomic mass is 127. The highest BCUT2D eigenvalue weighted by Gasteiger charge is 2.08. The van der Waals surface area contributed by atoms with Crippen LogP contribution in [0.15, 0.2) is 66.4 Å². The Morgan fingerprint density at radius 3 is 3.00 bits per heavy atom. The summed E-state index contributed by atoms with van der Waals surface area (Å²) in [6.07, 6.45) is 10.2. The fourth-order valence-corrected chi connectivity index (χ4v) is 2.68. The summed E-state index contributed by atoms with van der Waals surface area (Å²) in [5.74, 6) is 2.60. The van der Waals surface area contributed by atoms with E-state index in [2.05, 4.69) is 82.3 Å². The second kappa shape index (κ2) is 7.27. The molecule has 1 unspecified atom stereocenters. The molecule has 0 aliphatic heterocycles. The molecule has 1 aliphatic rings. The molecule has 0 fully saturated rings. The van der Waals surface area contributed by atoms with Crippen LogP contribution in [-0.4, -0.2) is 11.9 Å². The summed E-state index contributed by atoms with van der Waals surface area (Å²) in [5, 5.41) is 3.44. The van der Waals surface area contributed by atoms with Crippen molar-refractivity contribution in [2.24, 2.45) is 4.99 Å². The van der Waals surface area contributed by atoms with Crippen LogP contribution in [0.4, 0.5) is 5.69 Å². The van der Waals surface area contributed by atoms with Gasteiger partial charge in [0.15, 0.2) is 0 Å². The van der Waals surface area contributed by atoms with Gasteiger partial charge in [-0.05, 0) is 65.2 Å². The normalized spacial score (nSPS) is 16.6. The second-order valence-electron chi connectivity index (χ2n) is 4.62. The van der Waals surface area contributed by atoms with Gasteiger partial charge in [0.25, 0.3) is 0 Å². The molecule has 1 aromatic carbocycles. The van der Waals surface area contributed by atoms with E-state index in [-0.39, 0.29) is 0 Å². The SMILES string of the molecule is C=C=Nc1ccc(I)cc1CC(=C)NC1C=CC=CC1. The molecule has 1 atom stereocenters. The Kier molecular flexibility index (Phi) is 5.39. The number of nitrogens with zero attached hydrogens (tertiary/aromatic N) is 1. The Morgan fingerprint density at radius 1 is 1.45 bits per heavy atom. The quantitative estimate of drug-likeness (QED) is 0.601. The van der Waals surface area contributed by atoms with Crippen LogP contribution in [0.1, 0.15) is 12.0 Å². The molecule has 20 heavy (non-hydrogen) atoms. The lowest BCUT2D eigenvalue weighted by atomic mass is 10.1. The monoisotopic (exact) mass is 376 g/mol. The third-order valence-corrected chi connectivity index (χ3v) is 3.69. The lowest BCUT2D eigenvalue weighted by Crippen LogP contribution is -2.27. The smallest absolute Gasteiger partial charge is 0.0766 e. The van der Waals surface area contributed by atoms with Gasteiger partial charge in [-0.2, -0.15) is 0 Å². The van der Waals surface area contributed by atoms with Crippen LogP contribution < -0.4 is 5.32 Å².